The zero-order chi connectivity index (χ0) is 20.0. The standard InChI is InChI=1S/C18H30N4O4/c1-17(2,12-18(3,4)22-14(24)7-8-15(22)25)16(26)21-11-13(23)20-10-6-5-9-19/h7-8H,5-6,9-12,19H2,1-4H3,(H,20,23)(H,21,26). The second-order valence-electron chi connectivity index (χ2n) is 7.75. The fourth-order valence-electron chi connectivity index (χ4n) is 3.20. The van der Waals surface area contributed by atoms with E-state index >= 15 is 0 Å². The van der Waals surface area contributed by atoms with Crippen LogP contribution in [0.1, 0.15) is 47.0 Å². The van der Waals surface area contributed by atoms with Crippen molar-refractivity contribution >= 4 is 23.6 Å². The van der Waals surface area contributed by atoms with E-state index < -0.39 is 11.0 Å². The van der Waals surface area contributed by atoms with Gasteiger partial charge in [-0.3, -0.25) is 24.1 Å². The maximum atomic E-state index is 12.5. The maximum Gasteiger partial charge on any atom is 0.254 e. The summed E-state index contributed by atoms with van der Waals surface area (Å²) in [5.41, 5.74) is 3.69. The predicted molar refractivity (Wildman–Crippen MR) is 97.8 cm³/mol. The van der Waals surface area contributed by atoms with Crippen LogP contribution in [0, 0.1) is 5.41 Å². The average Bonchev–Trinajstić information content (AvgIpc) is 2.87. The van der Waals surface area contributed by atoms with Crippen LogP contribution in [-0.2, 0) is 19.2 Å². The van der Waals surface area contributed by atoms with Gasteiger partial charge in [0.2, 0.25) is 11.8 Å². The Labute approximate surface area is 154 Å². The number of amides is 4. The van der Waals surface area contributed by atoms with E-state index in [1.807, 2.05) is 0 Å². The van der Waals surface area contributed by atoms with Crippen LogP contribution in [0.15, 0.2) is 12.2 Å². The van der Waals surface area contributed by atoms with E-state index in [2.05, 4.69) is 10.6 Å². The Morgan fingerprint density at radius 1 is 1.04 bits per heavy atom. The molecule has 0 aromatic carbocycles. The molecule has 8 heteroatoms. The van der Waals surface area contributed by atoms with Crippen LogP contribution in [-0.4, -0.2) is 53.7 Å². The van der Waals surface area contributed by atoms with Crippen LogP contribution in [0.5, 0.6) is 0 Å². The molecule has 4 amide bonds. The third-order valence-corrected chi connectivity index (χ3v) is 4.27. The number of hydrogen-bond acceptors (Lipinski definition) is 5. The van der Waals surface area contributed by atoms with Crippen molar-refractivity contribution in [3.8, 4) is 0 Å². The molecule has 0 fully saturated rings. The highest BCUT2D eigenvalue weighted by atomic mass is 16.2. The summed E-state index contributed by atoms with van der Waals surface area (Å²) in [6, 6.07) is 0. The lowest BCUT2D eigenvalue weighted by Crippen LogP contribution is -2.52. The van der Waals surface area contributed by atoms with Gasteiger partial charge in [-0.15, -0.1) is 0 Å². The number of nitrogens with zero attached hydrogens (tertiary/aromatic N) is 1. The number of unbranched alkanes of at least 4 members (excludes halogenated alkanes) is 1. The summed E-state index contributed by atoms with van der Waals surface area (Å²) < 4.78 is 0. The van der Waals surface area contributed by atoms with Crippen LogP contribution in [0.25, 0.3) is 0 Å². The van der Waals surface area contributed by atoms with Crippen LogP contribution < -0.4 is 16.4 Å². The number of hydrogen-bond donors (Lipinski definition) is 3. The number of nitrogens with one attached hydrogen (secondary N) is 2. The second-order valence-corrected chi connectivity index (χ2v) is 7.75. The Kier molecular flexibility index (Phi) is 7.50. The molecule has 0 aromatic heterocycles. The Hall–Kier alpha value is -2.22. The molecule has 1 aliphatic rings. The molecule has 0 saturated heterocycles. The first-order valence-corrected chi connectivity index (χ1v) is 8.82. The molecule has 0 aromatic rings. The molecule has 0 atom stereocenters. The SMILES string of the molecule is CC(C)(CC(C)(C)N1C(=O)C=CC1=O)C(=O)NCC(=O)NCCCCN. The Morgan fingerprint density at radius 3 is 2.15 bits per heavy atom. The van der Waals surface area contributed by atoms with Gasteiger partial charge in [0.1, 0.15) is 0 Å². The number of carbonyl (C=O) groups is 4. The Bertz CT molecular complexity index is 578. The van der Waals surface area contributed by atoms with E-state index in [0.29, 0.717) is 13.1 Å². The molecule has 26 heavy (non-hydrogen) atoms. The monoisotopic (exact) mass is 366 g/mol. The van der Waals surface area contributed by atoms with Crippen LogP contribution in [0.2, 0.25) is 0 Å². The van der Waals surface area contributed by atoms with Crippen molar-refractivity contribution < 1.29 is 19.2 Å². The van der Waals surface area contributed by atoms with E-state index in [-0.39, 0.29) is 36.6 Å². The summed E-state index contributed by atoms with van der Waals surface area (Å²) in [6.07, 6.45) is 4.35. The summed E-state index contributed by atoms with van der Waals surface area (Å²) in [4.78, 5) is 49.2. The topological polar surface area (TPSA) is 122 Å². The summed E-state index contributed by atoms with van der Waals surface area (Å²) in [5.74, 6) is -1.34. The fraction of sp³-hybridized carbons (Fsp3) is 0.667. The van der Waals surface area contributed by atoms with Crippen molar-refractivity contribution in [1.82, 2.24) is 15.5 Å². The number of rotatable bonds is 10. The third kappa shape index (κ3) is 5.94. The largest absolute Gasteiger partial charge is 0.355 e. The van der Waals surface area contributed by atoms with Crippen LogP contribution in [0.3, 0.4) is 0 Å². The third-order valence-electron chi connectivity index (χ3n) is 4.27. The lowest BCUT2D eigenvalue weighted by Gasteiger charge is -2.39. The molecule has 8 nitrogen and oxygen atoms in total. The van der Waals surface area contributed by atoms with Gasteiger partial charge in [-0.1, -0.05) is 13.8 Å². The maximum absolute atomic E-state index is 12.5. The van der Waals surface area contributed by atoms with E-state index in [1.54, 1.807) is 27.7 Å². The molecular formula is C18H30N4O4. The van der Waals surface area contributed by atoms with E-state index in [1.165, 1.54) is 12.2 Å². The van der Waals surface area contributed by atoms with E-state index in [9.17, 15) is 19.2 Å². The van der Waals surface area contributed by atoms with E-state index in [0.717, 1.165) is 17.7 Å². The van der Waals surface area contributed by atoms with Gasteiger partial charge in [0.15, 0.2) is 0 Å². The highest BCUT2D eigenvalue weighted by Gasteiger charge is 2.43. The summed E-state index contributed by atoms with van der Waals surface area (Å²) in [5, 5.41) is 5.33. The highest BCUT2D eigenvalue weighted by Crippen LogP contribution is 2.33. The van der Waals surface area contributed by atoms with Crippen molar-refractivity contribution in [3.63, 3.8) is 0 Å². The molecule has 1 heterocycles. The van der Waals surface area contributed by atoms with Crippen LogP contribution >= 0.6 is 0 Å². The molecule has 4 N–H and O–H groups in total. The first-order valence-electron chi connectivity index (χ1n) is 8.82. The second kappa shape index (κ2) is 8.93. The number of nitrogens with two attached hydrogens (primary N) is 1. The minimum absolute atomic E-state index is 0.117. The average molecular weight is 366 g/mol. The molecule has 0 saturated carbocycles. The summed E-state index contributed by atoms with van der Waals surface area (Å²) in [6.45, 7) is 7.92. The Morgan fingerprint density at radius 2 is 1.62 bits per heavy atom. The van der Waals surface area contributed by atoms with Crippen molar-refractivity contribution in [2.45, 2.75) is 52.5 Å². The van der Waals surface area contributed by atoms with Crippen molar-refractivity contribution in [2.75, 3.05) is 19.6 Å². The minimum atomic E-state index is -0.869. The van der Waals surface area contributed by atoms with Gasteiger partial charge in [-0.2, -0.15) is 0 Å². The van der Waals surface area contributed by atoms with Crippen molar-refractivity contribution in [2.24, 2.45) is 11.1 Å². The van der Waals surface area contributed by atoms with Gasteiger partial charge in [-0.05, 0) is 39.7 Å². The molecule has 0 bridgehead atoms. The van der Waals surface area contributed by atoms with Gasteiger partial charge in [0.05, 0.1) is 6.54 Å². The minimum Gasteiger partial charge on any atom is -0.355 e. The normalized spacial score (nSPS) is 14.7. The molecule has 0 aliphatic carbocycles. The number of carbonyl (C=O) groups excluding carboxylic acids is 4. The van der Waals surface area contributed by atoms with Gasteiger partial charge in [-0.25, -0.2) is 0 Å². The Balaban J connectivity index is 2.55. The van der Waals surface area contributed by atoms with E-state index in [4.69, 9.17) is 5.73 Å². The van der Waals surface area contributed by atoms with Gasteiger partial charge >= 0.3 is 0 Å². The van der Waals surface area contributed by atoms with Crippen LogP contribution in [0.4, 0.5) is 0 Å². The molecule has 0 radical (unpaired) electrons. The van der Waals surface area contributed by atoms with Gasteiger partial charge in [0, 0.05) is 29.7 Å². The van der Waals surface area contributed by atoms with Crippen molar-refractivity contribution in [3.05, 3.63) is 12.2 Å². The fourth-order valence-corrected chi connectivity index (χ4v) is 3.20. The summed E-state index contributed by atoms with van der Waals surface area (Å²) >= 11 is 0. The summed E-state index contributed by atoms with van der Waals surface area (Å²) in [7, 11) is 0. The van der Waals surface area contributed by atoms with Gasteiger partial charge < -0.3 is 16.4 Å². The first-order chi connectivity index (χ1) is 12.0. The molecular weight excluding hydrogens is 336 g/mol. The highest BCUT2D eigenvalue weighted by molar-refractivity contribution is 6.13. The quantitative estimate of drug-likeness (QED) is 0.373. The molecule has 1 aliphatic heterocycles. The molecule has 0 spiro atoms. The van der Waals surface area contributed by atoms with Crippen molar-refractivity contribution in [1.29, 1.82) is 0 Å². The smallest absolute Gasteiger partial charge is 0.254 e. The molecule has 1 rings (SSSR count). The molecule has 0 unspecified atom stereocenters. The zero-order valence-electron chi connectivity index (χ0n) is 16.1. The zero-order valence-corrected chi connectivity index (χ0v) is 16.1. The lowest BCUT2D eigenvalue weighted by atomic mass is 9.78. The lowest BCUT2D eigenvalue weighted by molar-refractivity contribution is -0.146. The number of imide groups is 1. The molecule has 146 valence electrons. The van der Waals surface area contributed by atoms with Gasteiger partial charge in [0.25, 0.3) is 11.8 Å². The first kappa shape index (κ1) is 21.8. The predicted octanol–water partition coefficient (Wildman–Crippen LogP) is 0.0776.